The molecule has 0 spiro atoms. The Kier molecular flexibility index (Phi) is 3.28. The molecule has 1 saturated carbocycles. The van der Waals surface area contributed by atoms with Crippen LogP contribution in [0.25, 0.3) is 0 Å². The first-order valence-corrected chi connectivity index (χ1v) is 7.91. The molecule has 0 aliphatic heterocycles. The normalized spacial score (nSPS) is 31.5. The molecule has 4 nitrogen and oxygen atoms in total. The number of imidazole rings is 1. The molecular formula is C17H22N4. The van der Waals surface area contributed by atoms with Crippen molar-refractivity contribution in [3.05, 3.63) is 54.1 Å². The average Bonchev–Trinajstić information content (AvgIpc) is 3.21. The molecule has 2 aliphatic rings. The van der Waals surface area contributed by atoms with Crippen molar-refractivity contribution in [2.24, 2.45) is 5.73 Å². The summed E-state index contributed by atoms with van der Waals surface area (Å²) in [4.78, 5) is 4.20. The van der Waals surface area contributed by atoms with Gasteiger partial charge in [-0.05, 0) is 36.8 Å². The predicted octanol–water partition coefficient (Wildman–Crippen LogP) is 2.71. The molecule has 0 saturated heterocycles. The number of benzene rings is 1. The molecule has 3 N–H and O–H groups in total. The van der Waals surface area contributed by atoms with Gasteiger partial charge in [-0.3, -0.25) is 0 Å². The molecule has 0 radical (unpaired) electrons. The van der Waals surface area contributed by atoms with Crippen LogP contribution >= 0.6 is 0 Å². The summed E-state index contributed by atoms with van der Waals surface area (Å²) in [6, 6.07) is 10.2. The maximum atomic E-state index is 6.29. The van der Waals surface area contributed by atoms with Crippen LogP contribution in [0.1, 0.15) is 54.9 Å². The van der Waals surface area contributed by atoms with E-state index in [4.69, 9.17) is 5.73 Å². The second-order valence-electron chi connectivity index (χ2n) is 6.31. The number of nitrogens with zero attached hydrogens (tertiary/aromatic N) is 2. The standard InChI is InChI=1S/C17H22N4/c18-14-10-16(13-5-2-1-4-12(13)14)20-15-6-3-7-17(15)21-9-8-19-11-21/h1-2,4-5,8-9,11,14-17,20H,3,6-7,10,18H2. The van der Waals surface area contributed by atoms with Crippen LogP contribution in [0.2, 0.25) is 0 Å². The summed E-state index contributed by atoms with van der Waals surface area (Å²) < 4.78 is 2.26. The van der Waals surface area contributed by atoms with Crippen molar-refractivity contribution in [3.8, 4) is 0 Å². The number of hydrogen-bond acceptors (Lipinski definition) is 3. The highest BCUT2D eigenvalue weighted by Crippen LogP contribution is 2.39. The summed E-state index contributed by atoms with van der Waals surface area (Å²) in [6.45, 7) is 0. The second kappa shape index (κ2) is 5.28. The number of nitrogens with two attached hydrogens (primary N) is 1. The van der Waals surface area contributed by atoms with Crippen molar-refractivity contribution >= 4 is 0 Å². The largest absolute Gasteiger partial charge is 0.333 e. The number of fused-ring (bicyclic) bond motifs is 1. The Morgan fingerprint density at radius 3 is 2.86 bits per heavy atom. The highest BCUT2D eigenvalue weighted by Gasteiger charge is 2.34. The maximum Gasteiger partial charge on any atom is 0.0949 e. The van der Waals surface area contributed by atoms with E-state index in [1.54, 1.807) is 0 Å². The lowest BCUT2D eigenvalue weighted by molar-refractivity contribution is 0.346. The SMILES string of the molecule is NC1CC(NC2CCCC2n2ccnc2)c2ccccc21. The fourth-order valence-electron chi connectivity index (χ4n) is 4.05. The molecule has 1 aromatic carbocycles. The predicted molar refractivity (Wildman–Crippen MR) is 82.8 cm³/mol. The summed E-state index contributed by atoms with van der Waals surface area (Å²) in [5.74, 6) is 0. The molecule has 1 fully saturated rings. The third kappa shape index (κ3) is 2.28. The van der Waals surface area contributed by atoms with Crippen LogP contribution in [-0.4, -0.2) is 15.6 Å². The minimum Gasteiger partial charge on any atom is -0.333 e. The Morgan fingerprint density at radius 1 is 1.19 bits per heavy atom. The summed E-state index contributed by atoms with van der Waals surface area (Å²) in [7, 11) is 0. The Morgan fingerprint density at radius 2 is 2.05 bits per heavy atom. The second-order valence-corrected chi connectivity index (χ2v) is 6.31. The van der Waals surface area contributed by atoms with E-state index in [0.717, 1.165) is 6.42 Å². The van der Waals surface area contributed by atoms with Gasteiger partial charge in [0.15, 0.2) is 0 Å². The lowest BCUT2D eigenvalue weighted by atomic mass is 10.1. The zero-order valence-corrected chi connectivity index (χ0v) is 12.2. The zero-order chi connectivity index (χ0) is 14.2. The van der Waals surface area contributed by atoms with E-state index in [1.165, 1.54) is 30.4 Å². The molecule has 2 aromatic rings. The van der Waals surface area contributed by atoms with Gasteiger partial charge in [-0.25, -0.2) is 4.98 Å². The molecule has 4 rings (SSSR count). The fourth-order valence-corrected chi connectivity index (χ4v) is 4.05. The molecule has 1 aromatic heterocycles. The van der Waals surface area contributed by atoms with Crippen molar-refractivity contribution in [1.29, 1.82) is 0 Å². The zero-order valence-electron chi connectivity index (χ0n) is 12.2. The van der Waals surface area contributed by atoms with Crippen LogP contribution in [0, 0.1) is 0 Å². The first kappa shape index (κ1) is 13.0. The summed E-state index contributed by atoms with van der Waals surface area (Å²) in [5.41, 5.74) is 8.99. The van der Waals surface area contributed by atoms with E-state index in [0.29, 0.717) is 18.1 Å². The molecule has 21 heavy (non-hydrogen) atoms. The monoisotopic (exact) mass is 282 g/mol. The van der Waals surface area contributed by atoms with Gasteiger partial charge in [0.2, 0.25) is 0 Å². The molecule has 1 heterocycles. The van der Waals surface area contributed by atoms with Crippen molar-refractivity contribution in [2.45, 2.75) is 49.9 Å². The molecule has 2 aliphatic carbocycles. The van der Waals surface area contributed by atoms with Crippen molar-refractivity contribution in [2.75, 3.05) is 0 Å². The highest BCUT2D eigenvalue weighted by molar-refractivity contribution is 5.37. The Labute approximate surface area is 125 Å². The number of hydrogen-bond donors (Lipinski definition) is 2. The Balaban J connectivity index is 1.54. The minimum absolute atomic E-state index is 0.173. The molecule has 110 valence electrons. The van der Waals surface area contributed by atoms with E-state index >= 15 is 0 Å². The molecule has 4 unspecified atom stereocenters. The van der Waals surface area contributed by atoms with Crippen LogP contribution in [0.4, 0.5) is 0 Å². The van der Waals surface area contributed by atoms with Crippen LogP contribution in [-0.2, 0) is 0 Å². The topological polar surface area (TPSA) is 55.9 Å². The van der Waals surface area contributed by atoms with E-state index < -0.39 is 0 Å². The van der Waals surface area contributed by atoms with Gasteiger partial charge in [0.05, 0.1) is 6.33 Å². The Hall–Kier alpha value is -1.65. The van der Waals surface area contributed by atoms with Crippen molar-refractivity contribution in [1.82, 2.24) is 14.9 Å². The third-order valence-electron chi connectivity index (χ3n) is 5.06. The molecular weight excluding hydrogens is 260 g/mol. The van der Waals surface area contributed by atoms with Crippen molar-refractivity contribution in [3.63, 3.8) is 0 Å². The summed E-state index contributed by atoms with van der Waals surface area (Å²) in [6.07, 6.45) is 10.6. The maximum absolute atomic E-state index is 6.29. The minimum atomic E-state index is 0.173. The first-order valence-electron chi connectivity index (χ1n) is 7.91. The van der Waals surface area contributed by atoms with Crippen LogP contribution in [0.3, 0.4) is 0 Å². The van der Waals surface area contributed by atoms with Crippen LogP contribution in [0.5, 0.6) is 0 Å². The van der Waals surface area contributed by atoms with Gasteiger partial charge in [-0.2, -0.15) is 0 Å². The van der Waals surface area contributed by atoms with Gasteiger partial charge in [0, 0.05) is 36.6 Å². The van der Waals surface area contributed by atoms with Gasteiger partial charge >= 0.3 is 0 Å². The van der Waals surface area contributed by atoms with Gasteiger partial charge in [-0.1, -0.05) is 24.3 Å². The number of rotatable bonds is 3. The average molecular weight is 282 g/mol. The summed E-state index contributed by atoms with van der Waals surface area (Å²) >= 11 is 0. The number of aromatic nitrogens is 2. The van der Waals surface area contributed by atoms with E-state index in [-0.39, 0.29) is 6.04 Å². The molecule has 4 atom stereocenters. The fraction of sp³-hybridized carbons (Fsp3) is 0.471. The number of nitrogens with one attached hydrogen (secondary N) is 1. The smallest absolute Gasteiger partial charge is 0.0949 e. The third-order valence-corrected chi connectivity index (χ3v) is 5.06. The Bertz CT molecular complexity index is 607. The van der Waals surface area contributed by atoms with Crippen LogP contribution < -0.4 is 11.1 Å². The quantitative estimate of drug-likeness (QED) is 0.910. The van der Waals surface area contributed by atoms with Gasteiger partial charge in [-0.15, -0.1) is 0 Å². The van der Waals surface area contributed by atoms with Gasteiger partial charge in [0.25, 0.3) is 0 Å². The van der Waals surface area contributed by atoms with E-state index in [9.17, 15) is 0 Å². The molecule has 0 bridgehead atoms. The summed E-state index contributed by atoms with van der Waals surface area (Å²) in [5, 5.41) is 3.87. The first-order chi connectivity index (χ1) is 10.3. The lowest BCUT2D eigenvalue weighted by Crippen LogP contribution is -2.36. The van der Waals surface area contributed by atoms with Gasteiger partial charge < -0.3 is 15.6 Å². The van der Waals surface area contributed by atoms with Gasteiger partial charge in [0.1, 0.15) is 0 Å². The van der Waals surface area contributed by atoms with E-state index in [2.05, 4.69) is 45.3 Å². The molecule has 0 amide bonds. The lowest BCUT2D eigenvalue weighted by Gasteiger charge is -2.26. The highest BCUT2D eigenvalue weighted by atomic mass is 15.1. The van der Waals surface area contributed by atoms with E-state index in [1.807, 2.05) is 12.5 Å². The molecule has 4 heteroatoms. The van der Waals surface area contributed by atoms with Crippen LogP contribution in [0.15, 0.2) is 43.0 Å². The van der Waals surface area contributed by atoms with Crippen molar-refractivity contribution < 1.29 is 0 Å².